The van der Waals surface area contributed by atoms with Gasteiger partial charge in [-0.2, -0.15) is 0 Å². The van der Waals surface area contributed by atoms with Gasteiger partial charge >= 0.3 is 0 Å². The van der Waals surface area contributed by atoms with Gasteiger partial charge in [-0.15, -0.1) is 0 Å². The van der Waals surface area contributed by atoms with Crippen molar-refractivity contribution in [2.75, 3.05) is 0 Å². The van der Waals surface area contributed by atoms with Crippen LogP contribution in [0.1, 0.15) is 16.7 Å². The highest BCUT2D eigenvalue weighted by Crippen LogP contribution is 2.39. The van der Waals surface area contributed by atoms with Crippen molar-refractivity contribution >= 4 is 83.2 Å². The molecule has 1 fully saturated rings. The van der Waals surface area contributed by atoms with Gasteiger partial charge in [0.1, 0.15) is 12.4 Å². The Kier molecular flexibility index (Phi) is 7.53. The van der Waals surface area contributed by atoms with Gasteiger partial charge in [-0.1, -0.05) is 72.3 Å². The topological polar surface area (TPSA) is 46.6 Å². The average molecular weight is 644 g/mol. The summed E-state index contributed by atoms with van der Waals surface area (Å²) in [6, 6.07) is 25.1. The highest BCUT2D eigenvalue weighted by molar-refractivity contribution is 9.11. The molecule has 0 radical (unpaired) electrons. The lowest BCUT2D eigenvalue weighted by molar-refractivity contribution is -0.123. The summed E-state index contributed by atoms with van der Waals surface area (Å²) in [6.07, 6.45) is 1.72. The Hall–Kier alpha value is -2.58. The first kappa shape index (κ1) is 25.1. The molecule has 0 spiro atoms. The zero-order chi connectivity index (χ0) is 25.2. The van der Waals surface area contributed by atoms with Crippen molar-refractivity contribution in [2.24, 2.45) is 0 Å². The van der Waals surface area contributed by atoms with E-state index in [0.717, 1.165) is 39.2 Å². The number of rotatable bonds is 6. The third kappa shape index (κ3) is 5.25. The minimum absolute atomic E-state index is 0.228. The van der Waals surface area contributed by atoms with E-state index in [-0.39, 0.29) is 17.7 Å². The van der Waals surface area contributed by atoms with Crippen LogP contribution >= 0.6 is 55.2 Å². The molecular weight excluding hydrogens is 626 g/mol. The van der Waals surface area contributed by atoms with Crippen molar-refractivity contribution in [3.05, 3.63) is 114 Å². The number of thioether (sulfide) groups is 1. The highest BCUT2D eigenvalue weighted by atomic mass is 79.9. The van der Waals surface area contributed by atoms with E-state index >= 15 is 0 Å². The number of hydrogen-bond donors (Lipinski definition) is 0. The third-order valence-electron chi connectivity index (χ3n) is 5.73. The average Bonchev–Trinajstić information content (AvgIpc) is 3.12. The Balaban J connectivity index is 1.35. The first-order valence-electron chi connectivity index (χ1n) is 11.0. The number of carbonyl (C=O) groups excluding carboxylic acids is 2. The minimum atomic E-state index is -0.302. The molecule has 36 heavy (non-hydrogen) atoms. The second-order valence-electron chi connectivity index (χ2n) is 8.10. The molecule has 1 saturated heterocycles. The van der Waals surface area contributed by atoms with Crippen molar-refractivity contribution in [2.45, 2.75) is 13.2 Å². The van der Waals surface area contributed by atoms with Crippen LogP contribution in [-0.4, -0.2) is 16.0 Å². The number of amides is 2. The van der Waals surface area contributed by atoms with Crippen LogP contribution in [0, 0.1) is 0 Å². The van der Waals surface area contributed by atoms with Gasteiger partial charge in [0.15, 0.2) is 0 Å². The molecule has 1 aliphatic heterocycles. The number of benzene rings is 4. The standard InChI is InChI=1S/C28H18Br2ClNO3S/c29-22-12-17(13-23(30)26(22)35-16-20-7-2-4-11-24(20)31)14-25-27(33)32(28(34)36-25)15-19-9-5-8-18-6-1-3-10-21(18)19/h1-14H,15-16H2/b25-14-. The van der Waals surface area contributed by atoms with Gasteiger partial charge in [0.2, 0.25) is 0 Å². The number of halogens is 3. The first-order valence-corrected chi connectivity index (χ1v) is 13.8. The maximum absolute atomic E-state index is 13.1. The van der Waals surface area contributed by atoms with Crippen LogP contribution < -0.4 is 4.74 Å². The highest BCUT2D eigenvalue weighted by Gasteiger charge is 2.35. The molecule has 0 saturated carbocycles. The van der Waals surface area contributed by atoms with Crippen LogP contribution in [0.2, 0.25) is 5.02 Å². The smallest absolute Gasteiger partial charge is 0.293 e. The molecule has 4 aromatic carbocycles. The van der Waals surface area contributed by atoms with Crippen LogP contribution in [0.3, 0.4) is 0 Å². The van der Waals surface area contributed by atoms with E-state index in [4.69, 9.17) is 16.3 Å². The Labute approximate surface area is 234 Å². The molecule has 8 heteroatoms. The van der Waals surface area contributed by atoms with E-state index in [9.17, 15) is 9.59 Å². The molecule has 0 bridgehead atoms. The number of carbonyl (C=O) groups is 2. The zero-order valence-electron chi connectivity index (χ0n) is 18.7. The number of ether oxygens (including phenoxy) is 1. The quantitative estimate of drug-likeness (QED) is 0.197. The number of imide groups is 1. The fourth-order valence-corrected chi connectivity index (χ4v) is 6.43. The zero-order valence-corrected chi connectivity index (χ0v) is 23.5. The first-order chi connectivity index (χ1) is 17.4. The summed E-state index contributed by atoms with van der Waals surface area (Å²) in [7, 11) is 0. The second kappa shape index (κ2) is 10.8. The van der Waals surface area contributed by atoms with E-state index in [1.165, 1.54) is 4.90 Å². The lowest BCUT2D eigenvalue weighted by Crippen LogP contribution is -2.27. The lowest BCUT2D eigenvalue weighted by Gasteiger charge is -2.14. The van der Waals surface area contributed by atoms with E-state index in [1.807, 2.05) is 78.9 Å². The van der Waals surface area contributed by atoms with Crippen LogP contribution in [0.15, 0.2) is 92.7 Å². The fourth-order valence-electron chi connectivity index (χ4n) is 3.95. The Morgan fingerprint density at radius 1 is 0.889 bits per heavy atom. The fraction of sp³-hybridized carbons (Fsp3) is 0.0714. The SMILES string of the molecule is O=C1S/C(=C\c2cc(Br)c(OCc3ccccc3Cl)c(Br)c2)C(=O)N1Cc1cccc2ccccc12. The molecule has 2 amide bonds. The van der Waals surface area contributed by atoms with Gasteiger partial charge in [0, 0.05) is 10.6 Å². The summed E-state index contributed by atoms with van der Waals surface area (Å²) in [6.45, 7) is 0.537. The molecule has 1 aliphatic rings. The van der Waals surface area contributed by atoms with E-state index in [1.54, 1.807) is 6.08 Å². The van der Waals surface area contributed by atoms with Crippen molar-refractivity contribution in [3.63, 3.8) is 0 Å². The molecule has 0 unspecified atom stereocenters. The van der Waals surface area contributed by atoms with E-state index < -0.39 is 0 Å². The summed E-state index contributed by atoms with van der Waals surface area (Å²) in [5.41, 5.74) is 2.57. The van der Waals surface area contributed by atoms with Crippen LogP contribution in [-0.2, 0) is 17.9 Å². The summed E-state index contributed by atoms with van der Waals surface area (Å²) < 4.78 is 7.41. The normalized spacial score (nSPS) is 14.8. The molecule has 0 aliphatic carbocycles. The van der Waals surface area contributed by atoms with Gasteiger partial charge in [-0.05, 0) is 89.8 Å². The third-order valence-corrected chi connectivity index (χ3v) is 8.18. The van der Waals surface area contributed by atoms with Crippen molar-refractivity contribution in [3.8, 4) is 5.75 Å². The summed E-state index contributed by atoms with van der Waals surface area (Å²) in [4.78, 5) is 27.6. The van der Waals surface area contributed by atoms with Crippen molar-refractivity contribution in [1.82, 2.24) is 4.90 Å². The Morgan fingerprint density at radius 3 is 2.33 bits per heavy atom. The van der Waals surface area contributed by atoms with Crippen LogP contribution in [0.4, 0.5) is 4.79 Å². The molecule has 180 valence electrons. The molecule has 0 N–H and O–H groups in total. The second-order valence-corrected chi connectivity index (χ2v) is 11.2. The Bertz CT molecular complexity index is 1510. The molecule has 1 heterocycles. The predicted molar refractivity (Wildman–Crippen MR) is 153 cm³/mol. The summed E-state index contributed by atoms with van der Waals surface area (Å²) >= 11 is 14.3. The Morgan fingerprint density at radius 2 is 1.56 bits per heavy atom. The van der Waals surface area contributed by atoms with Crippen molar-refractivity contribution < 1.29 is 14.3 Å². The van der Waals surface area contributed by atoms with Gasteiger partial charge in [-0.25, -0.2) is 0 Å². The monoisotopic (exact) mass is 641 g/mol. The van der Waals surface area contributed by atoms with Gasteiger partial charge in [0.05, 0.1) is 20.4 Å². The molecular formula is C28H18Br2ClNO3S. The maximum atomic E-state index is 13.1. The van der Waals surface area contributed by atoms with Gasteiger partial charge in [0.25, 0.3) is 11.1 Å². The summed E-state index contributed by atoms with van der Waals surface area (Å²) in [5.74, 6) is 0.320. The minimum Gasteiger partial charge on any atom is -0.486 e. The molecule has 0 atom stereocenters. The molecule has 0 aromatic heterocycles. The largest absolute Gasteiger partial charge is 0.486 e. The number of nitrogens with zero attached hydrogens (tertiary/aromatic N) is 1. The number of hydrogen-bond acceptors (Lipinski definition) is 4. The number of fused-ring (bicyclic) bond motifs is 1. The predicted octanol–water partition coefficient (Wildman–Crippen LogP) is 8.83. The van der Waals surface area contributed by atoms with Crippen LogP contribution in [0.5, 0.6) is 5.75 Å². The summed E-state index contributed by atoms with van der Waals surface area (Å²) in [5, 5.41) is 2.46. The van der Waals surface area contributed by atoms with Gasteiger partial charge < -0.3 is 4.74 Å². The lowest BCUT2D eigenvalue weighted by atomic mass is 10.0. The van der Waals surface area contributed by atoms with E-state index in [0.29, 0.717) is 31.2 Å². The molecule has 5 rings (SSSR count). The van der Waals surface area contributed by atoms with Crippen molar-refractivity contribution in [1.29, 1.82) is 0 Å². The molecule has 4 nitrogen and oxygen atoms in total. The van der Waals surface area contributed by atoms with E-state index in [2.05, 4.69) is 31.9 Å². The van der Waals surface area contributed by atoms with Gasteiger partial charge in [-0.3, -0.25) is 14.5 Å². The molecule has 4 aromatic rings. The van der Waals surface area contributed by atoms with Crippen LogP contribution in [0.25, 0.3) is 16.8 Å². The maximum Gasteiger partial charge on any atom is 0.293 e.